The van der Waals surface area contributed by atoms with Gasteiger partial charge in [-0.25, -0.2) is 8.42 Å². The van der Waals surface area contributed by atoms with E-state index < -0.39 is 9.84 Å². The fraction of sp³-hybridized carbons (Fsp3) is 0.429. The Bertz CT molecular complexity index is 659. The van der Waals surface area contributed by atoms with Gasteiger partial charge in [0.05, 0.1) is 5.75 Å². The van der Waals surface area contributed by atoms with Crippen LogP contribution in [0.3, 0.4) is 0 Å². The molecule has 2 rings (SSSR count). The standard InChI is InChI=1S/C14H20N2O2S/c1-2-19(17,18)10-9-16-8-6-13-11-12(5-7-15)3-4-14(13)16/h3-4,6,8,11H,2,5,7,9-10,15H2,1H3. The van der Waals surface area contributed by atoms with Gasteiger partial charge in [-0.1, -0.05) is 13.0 Å². The Morgan fingerprint density at radius 1 is 1.26 bits per heavy atom. The molecule has 0 aliphatic heterocycles. The summed E-state index contributed by atoms with van der Waals surface area (Å²) in [4.78, 5) is 0. The van der Waals surface area contributed by atoms with Crippen LogP contribution in [0.2, 0.25) is 0 Å². The second kappa shape index (κ2) is 5.75. The van der Waals surface area contributed by atoms with Gasteiger partial charge in [0, 0.05) is 24.0 Å². The van der Waals surface area contributed by atoms with Gasteiger partial charge in [-0.05, 0) is 42.1 Å². The van der Waals surface area contributed by atoms with Gasteiger partial charge < -0.3 is 10.3 Å². The van der Waals surface area contributed by atoms with Gasteiger partial charge in [0.15, 0.2) is 9.84 Å². The molecule has 0 saturated heterocycles. The number of nitrogens with two attached hydrogens (primary N) is 1. The predicted molar refractivity (Wildman–Crippen MR) is 79.0 cm³/mol. The number of rotatable bonds is 6. The summed E-state index contributed by atoms with van der Waals surface area (Å²) in [6.45, 7) is 2.83. The zero-order valence-electron chi connectivity index (χ0n) is 11.2. The highest BCUT2D eigenvalue weighted by Gasteiger charge is 2.09. The molecule has 0 radical (unpaired) electrons. The Labute approximate surface area is 114 Å². The van der Waals surface area contributed by atoms with Crippen molar-refractivity contribution >= 4 is 20.7 Å². The van der Waals surface area contributed by atoms with E-state index in [0.29, 0.717) is 13.1 Å². The third-order valence-electron chi connectivity index (χ3n) is 3.35. The van der Waals surface area contributed by atoms with Crippen LogP contribution in [-0.2, 0) is 22.8 Å². The summed E-state index contributed by atoms with van der Waals surface area (Å²) in [6.07, 6.45) is 2.81. The Kier molecular flexibility index (Phi) is 4.27. The molecule has 0 bridgehead atoms. The zero-order valence-corrected chi connectivity index (χ0v) is 12.0. The summed E-state index contributed by atoms with van der Waals surface area (Å²) in [7, 11) is -2.92. The van der Waals surface area contributed by atoms with Gasteiger partial charge in [0.1, 0.15) is 0 Å². The molecule has 2 N–H and O–H groups in total. The number of hydrogen-bond acceptors (Lipinski definition) is 3. The van der Waals surface area contributed by atoms with Crippen LogP contribution < -0.4 is 5.73 Å². The monoisotopic (exact) mass is 280 g/mol. The molecule has 0 aliphatic carbocycles. The molecule has 0 fully saturated rings. The smallest absolute Gasteiger partial charge is 0.151 e. The first-order valence-corrected chi connectivity index (χ1v) is 8.36. The Hall–Kier alpha value is -1.33. The number of sulfone groups is 1. The number of aromatic nitrogens is 1. The largest absolute Gasteiger partial charge is 0.346 e. The van der Waals surface area contributed by atoms with Crippen molar-refractivity contribution in [3.8, 4) is 0 Å². The van der Waals surface area contributed by atoms with Crippen molar-refractivity contribution in [2.75, 3.05) is 18.1 Å². The molecule has 104 valence electrons. The molecule has 5 heteroatoms. The quantitative estimate of drug-likeness (QED) is 0.873. The topological polar surface area (TPSA) is 65.1 Å². The molecule has 1 aromatic heterocycles. The second-order valence-corrected chi connectivity index (χ2v) is 7.15. The van der Waals surface area contributed by atoms with Gasteiger partial charge in [0.2, 0.25) is 0 Å². The molecule has 1 heterocycles. The SMILES string of the molecule is CCS(=O)(=O)CCn1ccc2cc(CCN)ccc21. The van der Waals surface area contributed by atoms with Crippen molar-refractivity contribution in [3.63, 3.8) is 0 Å². The van der Waals surface area contributed by atoms with Crippen molar-refractivity contribution in [2.24, 2.45) is 5.73 Å². The molecule has 0 amide bonds. The van der Waals surface area contributed by atoms with E-state index in [1.165, 1.54) is 5.56 Å². The zero-order chi connectivity index (χ0) is 13.9. The van der Waals surface area contributed by atoms with Gasteiger partial charge in [-0.3, -0.25) is 0 Å². The molecule has 1 aromatic carbocycles. The van der Waals surface area contributed by atoms with E-state index >= 15 is 0 Å². The average molecular weight is 280 g/mol. The molecule has 0 spiro atoms. The van der Waals surface area contributed by atoms with Crippen molar-refractivity contribution in [1.29, 1.82) is 0 Å². The van der Waals surface area contributed by atoms with Crippen LogP contribution in [0.25, 0.3) is 10.9 Å². The van der Waals surface area contributed by atoms with Crippen LogP contribution in [0.4, 0.5) is 0 Å². The van der Waals surface area contributed by atoms with Crippen molar-refractivity contribution in [2.45, 2.75) is 19.9 Å². The molecule has 0 unspecified atom stereocenters. The van der Waals surface area contributed by atoms with Crippen molar-refractivity contribution in [3.05, 3.63) is 36.0 Å². The maximum absolute atomic E-state index is 11.5. The van der Waals surface area contributed by atoms with Gasteiger partial charge >= 0.3 is 0 Å². The lowest BCUT2D eigenvalue weighted by atomic mass is 10.1. The highest BCUT2D eigenvalue weighted by Crippen LogP contribution is 2.18. The Balaban J connectivity index is 2.21. The molecule has 0 saturated carbocycles. The van der Waals surface area contributed by atoms with Crippen molar-refractivity contribution in [1.82, 2.24) is 4.57 Å². The fourth-order valence-electron chi connectivity index (χ4n) is 2.15. The normalized spacial score (nSPS) is 12.1. The third kappa shape index (κ3) is 3.36. The average Bonchev–Trinajstić information content (AvgIpc) is 2.79. The molecular weight excluding hydrogens is 260 g/mol. The minimum Gasteiger partial charge on any atom is -0.346 e. The Morgan fingerprint density at radius 3 is 2.74 bits per heavy atom. The summed E-state index contributed by atoms with van der Waals surface area (Å²) in [5, 5.41) is 1.14. The first-order chi connectivity index (χ1) is 9.05. The van der Waals surface area contributed by atoms with Gasteiger partial charge in [-0.2, -0.15) is 0 Å². The van der Waals surface area contributed by atoms with Crippen LogP contribution >= 0.6 is 0 Å². The summed E-state index contributed by atoms with van der Waals surface area (Å²) < 4.78 is 25.1. The fourth-order valence-corrected chi connectivity index (χ4v) is 2.91. The van der Waals surface area contributed by atoms with Gasteiger partial charge in [-0.15, -0.1) is 0 Å². The third-order valence-corrected chi connectivity index (χ3v) is 5.04. The van der Waals surface area contributed by atoms with Crippen LogP contribution in [-0.4, -0.2) is 31.0 Å². The molecule has 4 nitrogen and oxygen atoms in total. The molecular formula is C14H20N2O2S. The molecule has 19 heavy (non-hydrogen) atoms. The van der Waals surface area contributed by atoms with E-state index in [2.05, 4.69) is 12.1 Å². The number of fused-ring (bicyclic) bond motifs is 1. The maximum atomic E-state index is 11.5. The number of hydrogen-bond donors (Lipinski definition) is 1. The minimum atomic E-state index is -2.92. The number of nitrogens with zero attached hydrogens (tertiary/aromatic N) is 1. The highest BCUT2D eigenvalue weighted by molar-refractivity contribution is 7.91. The number of benzene rings is 1. The van der Waals surface area contributed by atoms with Crippen LogP contribution in [0.5, 0.6) is 0 Å². The van der Waals surface area contributed by atoms with Crippen LogP contribution in [0.15, 0.2) is 30.5 Å². The van der Waals surface area contributed by atoms with E-state index in [9.17, 15) is 8.42 Å². The summed E-state index contributed by atoms with van der Waals surface area (Å²) in [5.74, 6) is 0.394. The van der Waals surface area contributed by atoms with E-state index in [-0.39, 0.29) is 11.5 Å². The van der Waals surface area contributed by atoms with Crippen LogP contribution in [0, 0.1) is 0 Å². The molecule has 0 aliphatic rings. The lowest BCUT2D eigenvalue weighted by Crippen LogP contribution is -2.14. The second-order valence-electron chi connectivity index (χ2n) is 4.68. The van der Waals surface area contributed by atoms with E-state index in [0.717, 1.165) is 17.3 Å². The van der Waals surface area contributed by atoms with Crippen LogP contribution in [0.1, 0.15) is 12.5 Å². The number of aryl methyl sites for hydroxylation is 1. The lowest BCUT2D eigenvalue weighted by Gasteiger charge is -2.06. The van der Waals surface area contributed by atoms with E-state index in [4.69, 9.17) is 5.73 Å². The minimum absolute atomic E-state index is 0.192. The summed E-state index contributed by atoms with van der Waals surface area (Å²) >= 11 is 0. The predicted octanol–water partition coefficient (Wildman–Crippen LogP) is 1.58. The molecule has 2 aromatic rings. The first-order valence-electron chi connectivity index (χ1n) is 6.54. The van der Waals surface area contributed by atoms with E-state index in [1.54, 1.807) is 6.92 Å². The highest BCUT2D eigenvalue weighted by atomic mass is 32.2. The maximum Gasteiger partial charge on any atom is 0.151 e. The lowest BCUT2D eigenvalue weighted by molar-refractivity contribution is 0.591. The van der Waals surface area contributed by atoms with Gasteiger partial charge in [0.25, 0.3) is 0 Å². The first kappa shape index (κ1) is 14.1. The molecule has 0 atom stereocenters. The Morgan fingerprint density at radius 2 is 2.05 bits per heavy atom. The summed E-state index contributed by atoms with van der Waals surface area (Å²) in [6, 6.07) is 8.24. The van der Waals surface area contributed by atoms with Crippen molar-refractivity contribution < 1.29 is 8.42 Å². The summed E-state index contributed by atoms with van der Waals surface area (Å²) in [5.41, 5.74) is 7.84. The van der Waals surface area contributed by atoms with E-state index in [1.807, 2.05) is 22.9 Å².